The Balaban J connectivity index is 2.02. The third kappa shape index (κ3) is 4.47. The lowest BCUT2D eigenvalue weighted by molar-refractivity contribution is -0.167. The van der Waals surface area contributed by atoms with Crippen molar-refractivity contribution in [1.82, 2.24) is 0 Å². The molecule has 2 aromatic rings. The first-order valence-electron chi connectivity index (χ1n) is 6.25. The third-order valence-electron chi connectivity index (χ3n) is 2.71. The molecule has 5 nitrogen and oxygen atoms in total. The van der Waals surface area contributed by atoms with Crippen LogP contribution in [0.1, 0.15) is 10.4 Å². The summed E-state index contributed by atoms with van der Waals surface area (Å²) in [6.45, 7) is 0. The van der Waals surface area contributed by atoms with Crippen molar-refractivity contribution in [2.45, 2.75) is 6.18 Å². The highest BCUT2D eigenvalue weighted by atomic mass is 19.4. The number of amides is 1. The van der Waals surface area contributed by atoms with E-state index in [0.29, 0.717) is 11.5 Å². The van der Waals surface area contributed by atoms with E-state index in [-0.39, 0.29) is 11.3 Å². The van der Waals surface area contributed by atoms with E-state index in [0.717, 1.165) is 0 Å². The summed E-state index contributed by atoms with van der Waals surface area (Å²) in [5.74, 6) is -2.45. The largest absolute Gasteiger partial charge is 0.478 e. The summed E-state index contributed by atoms with van der Waals surface area (Å²) in [4.78, 5) is 21.5. The highest BCUT2D eigenvalue weighted by Gasteiger charge is 2.38. The zero-order chi connectivity index (χ0) is 17.0. The van der Waals surface area contributed by atoms with Crippen LogP contribution < -0.4 is 10.1 Å². The van der Waals surface area contributed by atoms with Crippen molar-refractivity contribution in [3.8, 4) is 11.5 Å². The van der Waals surface area contributed by atoms with Crippen molar-refractivity contribution in [1.29, 1.82) is 0 Å². The Bertz CT molecular complexity index is 709. The minimum Gasteiger partial charge on any atom is -0.478 e. The zero-order valence-corrected chi connectivity index (χ0v) is 11.4. The fourth-order valence-electron chi connectivity index (χ4n) is 1.61. The Kier molecular flexibility index (Phi) is 4.54. The summed E-state index contributed by atoms with van der Waals surface area (Å²) in [5, 5.41) is 10.5. The molecule has 0 saturated carbocycles. The number of ether oxygens (including phenoxy) is 1. The van der Waals surface area contributed by atoms with Crippen LogP contribution in [0.3, 0.4) is 0 Å². The maximum absolute atomic E-state index is 12.1. The Morgan fingerprint density at radius 2 is 1.39 bits per heavy atom. The fourth-order valence-corrected chi connectivity index (χ4v) is 1.61. The number of rotatable bonds is 4. The van der Waals surface area contributed by atoms with E-state index in [1.165, 1.54) is 48.5 Å². The molecule has 0 aliphatic rings. The molecule has 0 saturated heterocycles. The minimum atomic E-state index is -4.96. The molecule has 0 atom stereocenters. The summed E-state index contributed by atoms with van der Waals surface area (Å²) in [7, 11) is 0. The van der Waals surface area contributed by atoms with Crippen molar-refractivity contribution in [2.24, 2.45) is 0 Å². The minimum absolute atomic E-state index is 0.0269. The van der Waals surface area contributed by atoms with Gasteiger partial charge in [-0.1, -0.05) is 0 Å². The van der Waals surface area contributed by atoms with Gasteiger partial charge in [0.2, 0.25) is 0 Å². The van der Waals surface area contributed by atoms with Gasteiger partial charge in [-0.15, -0.1) is 0 Å². The van der Waals surface area contributed by atoms with Crippen LogP contribution >= 0.6 is 0 Å². The summed E-state index contributed by atoms with van der Waals surface area (Å²) < 4.78 is 41.7. The molecule has 8 heteroatoms. The smallest absolute Gasteiger partial charge is 0.471 e. The van der Waals surface area contributed by atoms with Gasteiger partial charge in [-0.3, -0.25) is 4.79 Å². The zero-order valence-electron chi connectivity index (χ0n) is 11.4. The normalized spacial score (nSPS) is 10.9. The first-order valence-corrected chi connectivity index (χ1v) is 6.25. The van der Waals surface area contributed by atoms with Gasteiger partial charge in [0.25, 0.3) is 0 Å². The number of carbonyl (C=O) groups is 2. The lowest BCUT2D eigenvalue weighted by atomic mass is 10.2. The standard InChI is InChI=1S/C15H10F3NO4/c16-15(17,18)14(22)19-10-3-7-12(8-4-10)23-11-5-1-9(2-6-11)13(20)21/h1-8H,(H,19,22)(H,20,21). The molecule has 1 amide bonds. The van der Waals surface area contributed by atoms with Gasteiger partial charge in [-0.05, 0) is 48.5 Å². The SMILES string of the molecule is O=C(O)c1ccc(Oc2ccc(NC(=O)C(F)(F)F)cc2)cc1. The van der Waals surface area contributed by atoms with Crippen LogP contribution in [-0.2, 0) is 4.79 Å². The number of carboxylic acids is 1. The molecule has 120 valence electrons. The third-order valence-corrected chi connectivity index (χ3v) is 2.71. The van der Waals surface area contributed by atoms with E-state index in [9.17, 15) is 22.8 Å². The van der Waals surface area contributed by atoms with E-state index in [1.54, 1.807) is 5.32 Å². The summed E-state index contributed by atoms with van der Waals surface area (Å²) in [6, 6.07) is 10.9. The van der Waals surface area contributed by atoms with Gasteiger partial charge >= 0.3 is 18.1 Å². The number of carbonyl (C=O) groups excluding carboxylic acids is 1. The summed E-state index contributed by atoms with van der Waals surface area (Å²) in [6.07, 6.45) is -4.96. The molecule has 0 spiro atoms. The molecule has 0 heterocycles. The molecule has 0 bridgehead atoms. The number of aromatic carboxylic acids is 1. The molecule has 0 unspecified atom stereocenters. The molecule has 0 radical (unpaired) electrons. The van der Waals surface area contributed by atoms with Gasteiger partial charge < -0.3 is 15.2 Å². The van der Waals surface area contributed by atoms with Crippen molar-refractivity contribution in [2.75, 3.05) is 5.32 Å². The molecular weight excluding hydrogens is 315 g/mol. The quantitative estimate of drug-likeness (QED) is 0.899. The van der Waals surface area contributed by atoms with E-state index < -0.39 is 18.1 Å². The number of anilines is 1. The second-order valence-corrected chi connectivity index (χ2v) is 4.41. The number of nitrogens with one attached hydrogen (secondary N) is 1. The Labute approximate surface area is 128 Å². The number of hydrogen-bond acceptors (Lipinski definition) is 3. The molecule has 0 fully saturated rings. The molecule has 23 heavy (non-hydrogen) atoms. The predicted molar refractivity (Wildman–Crippen MR) is 74.6 cm³/mol. The molecule has 0 aliphatic heterocycles. The van der Waals surface area contributed by atoms with Crippen LogP contribution in [0.4, 0.5) is 18.9 Å². The van der Waals surface area contributed by atoms with Crippen LogP contribution in [0.2, 0.25) is 0 Å². The first kappa shape index (κ1) is 16.3. The summed E-state index contributed by atoms with van der Waals surface area (Å²) in [5.41, 5.74) is 0.0726. The fraction of sp³-hybridized carbons (Fsp3) is 0.0667. The highest BCUT2D eigenvalue weighted by Crippen LogP contribution is 2.24. The number of alkyl halides is 3. The average molecular weight is 325 g/mol. The number of carboxylic acid groups (broad SMARTS) is 1. The molecular formula is C15H10F3NO4. The van der Waals surface area contributed by atoms with Gasteiger partial charge in [0.15, 0.2) is 0 Å². The number of benzene rings is 2. The van der Waals surface area contributed by atoms with E-state index in [1.807, 2.05) is 0 Å². The van der Waals surface area contributed by atoms with Crippen molar-refractivity contribution in [3.63, 3.8) is 0 Å². The van der Waals surface area contributed by atoms with E-state index in [4.69, 9.17) is 9.84 Å². The molecule has 2 N–H and O–H groups in total. The van der Waals surface area contributed by atoms with Crippen molar-refractivity contribution >= 4 is 17.6 Å². The van der Waals surface area contributed by atoms with Gasteiger partial charge in [0, 0.05) is 5.69 Å². The van der Waals surface area contributed by atoms with E-state index >= 15 is 0 Å². The van der Waals surface area contributed by atoms with Crippen LogP contribution in [0, 0.1) is 0 Å². The van der Waals surface area contributed by atoms with E-state index in [2.05, 4.69) is 0 Å². The predicted octanol–water partition coefficient (Wildman–Crippen LogP) is 3.68. The Morgan fingerprint density at radius 1 is 0.913 bits per heavy atom. The monoisotopic (exact) mass is 325 g/mol. The number of hydrogen-bond donors (Lipinski definition) is 2. The Hall–Kier alpha value is -3.03. The second kappa shape index (κ2) is 6.39. The number of halogens is 3. The van der Waals surface area contributed by atoms with Gasteiger partial charge in [-0.2, -0.15) is 13.2 Å². The Morgan fingerprint density at radius 3 is 1.83 bits per heavy atom. The van der Waals surface area contributed by atoms with Crippen LogP contribution in [0.15, 0.2) is 48.5 Å². The molecule has 2 aromatic carbocycles. The van der Waals surface area contributed by atoms with Crippen LogP contribution in [-0.4, -0.2) is 23.2 Å². The van der Waals surface area contributed by atoms with Crippen LogP contribution in [0.25, 0.3) is 0 Å². The molecule has 0 aliphatic carbocycles. The summed E-state index contributed by atoms with van der Waals surface area (Å²) >= 11 is 0. The lowest BCUT2D eigenvalue weighted by Gasteiger charge is -2.09. The molecule has 2 rings (SSSR count). The van der Waals surface area contributed by atoms with Gasteiger partial charge in [-0.25, -0.2) is 4.79 Å². The highest BCUT2D eigenvalue weighted by molar-refractivity contribution is 5.94. The van der Waals surface area contributed by atoms with Crippen molar-refractivity contribution < 1.29 is 32.6 Å². The van der Waals surface area contributed by atoms with Gasteiger partial charge in [0.05, 0.1) is 5.56 Å². The lowest BCUT2D eigenvalue weighted by Crippen LogP contribution is -2.29. The maximum atomic E-state index is 12.1. The topological polar surface area (TPSA) is 75.6 Å². The van der Waals surface area contributed by atoms with Gasteiger partial charge in [0.1, 0.15) is 11.5 Å². The van der Waals surface area contributed by atoms with Crippen molar-refractivity contribution in [3.05, 3.63) is 54.1 Å². The van der Waals surface area contributed by atoms with Crippen LogP contribution in [0.5, 0.6) is 11.5 Å². The average Bonchev–Trinajstić information content (AvgIpc) is 2.49. The molecule has 0 aromatic heterocycles. The second-order valence-electron chi connectivity index (χ2n) is 4.41. The maximum Gasteiger partial charge on any atom is 0.471 e. The first-order chi connectivity index (χ1) is 10.8.